The number of rotatable bonds is 3. The van der Waals surface area contributed by atoms with Crippen LogP contribution in [0.5, 0.6) is 0 Å². The highest BCUT2D eigenvalue weighted by atomic mass is 127. The van der Waals surface area contributed by atoms with Crippen molar-refractivity contribution in [2.75, 3.05) is 25.1 Å². The van der Waals surface area contributed by atoms with Crippen molar-refractivity contribution in [3.8, 4) is 0 Å². The lowest BCUT2D eigenvalue weighted by atomic mass is 10.2. The SMILES string of the molecule is Cl.O=C(CC1COCCN1)Nc1cccc(I)c1. The number of nitrogens with one attached hydrogen (secondary N) is 2. The Labute approximate surface area is 126 Å². The van der Waals surface area contributed by atoms with Gasteiger partial charge in [0.25, 0.3) is 0 Å². The molecule has 1 heterocycles. The van der Waals surface area contributed by atoms with E-state index in [4.69, 9.17) is 4.74 Å². The molecular formula is C12H16ClIN2O2. The maximum Gasteiger partial charge on any atom is 0.226 e. The molecule has 0 aromatic heterocycles. The van der Waals surface area contributed by atoms with E-state index in [1.165, 1.54) is 0 Å². The molecule has 6 heteroatoms. The van der Waals surface area contributed by atoms with Crippen molar-refractivity contribution in [1.29, 1.82) is 0 Å². The van der Waals surface area contributed by atoms with Crippen LogP contribution in [0.2, 0.25) is 0 Å². The largest absolute Gasteiger partial charge is 0.378 e. The van der Waals surface area contributed by atoms with Crippen molar-refractivity contribution in [3.05, 3.63) is 27.8 Å². The summed E-state index contributed by atoms with van der Waals surface area (Å²) in [7, 11) is 0. The highest BCUT2D eigenvalue weighted by molar-refractivity contribution is 14.1. The van der Waals surface area contributed by atoms with Crippen LogP contribution in [0.4, 0.5) is 5.69 Å². The normalized spacial score (nSPS) is 18.8. The zero-order valence-corrected chi connectivity index (χ0v) is 12.8. The van der Waals surface area contributed by atoms with Crippen LogP contribution < -0.4 is 10.6 Å². The van der Waals surface area contributed by atoms with Gasteiger partial charge in [-0.3, -0.25) is 4.79 Å². The Morgan fingerprint density at radius 3 is 3.06 bits per heavy atom. The van der Waals surface area contributed by atoms with E-state index in [1.54, 1.807) is 0 Å². The minimum atomic E-state index is 0. The molecule has 0 aliphatic carbocycles. The fourth-order valence-corrected chi connectivity index (χ4v) is 2.30. The summed E-state index contributed by atoms with van der Waals surface area (Å²) in [6.07, 6.45) is 0.450. The van der Waals surface area contributed by atoms with E-state index in [2.05, 4.69) is 33.2 Å². The monoisotopic (exact) mass is 382 g/mol. The third kappa shape index (κ3) is 5.09. The van der Waals surface area contributed by atoms with Crippen molar-refractivity contribution in [3.63, 3.8) is 0 Å². The molecule has 0 bridgehead atoms. The second kappa shape index (κ2) is 7.93. The second-order valence-electron chi connectivity index (χ2n) is 3.99. The first-order valence-electron chi connectivity index (χ1n) is 5.60. The zero-order valence-electron chi connectivity index (χ0n) is 9.82. The van der Waals surface area contributed by atoms with Crippen LogP contribution in [0.25, 0.3) is 0 Å². The summed E-state index contributed by atoms with van der Waals surface area (Å²) in [5, 5.41) is 6.15. The molecule has 1 fully saturated rings. The molecule has 1 amide bonds. The number of carbonyl (C=O) groups is 1. The van der Waals surface area contributed by atoms with E-state index in [1.807, 2.05) is 24.3 Å². The lowest BCUT2D eigenvalue weighted by Gasteiger charge is -2.23. The number of halogens is 2. The number of amides is 1. The van der Waals surface area contributed by atoms with Gasteiger partial charge in [-0.1, -0.05) is 6.07 Å². The summed E-state index contributed by atoms with van der Waals surface area (Å²) < 4.78 is 6.42. The first-order valence-corrected chi connectivity index (χ1v) is 6.68. The minimum absolute atomic E-state index is 0. The van der Waals surface area contributed by atoms with Crippen molar-refractivity contribution >= 4 is 46.6 Å². The van der Waals surface area contributed by atoms with Gasteiger partial charge in [0.05, 0.1) is 13.2 Å². The van der Waals surface area contributed by atoms with Gasteiger partial charge in [-0.05, 0) is 40.8 Å². The van der Waals surface area contributed by atoms with Gasteiger partial charge in [0.2, 0.25) is 5.91 Å². The number of carbonyl (C=O) groups excluding carboxylic acids is 1. The van der Waals surface area contributed by atoms with Crippen molar-refractivity contribution < 1.29 is 9.53 Å². The van der Waals surface area contributed by atoms with Crippen LogP contribution in [-0.4, -0.2) is 31.7 Å². The maximum atomic E-state index is 11.8. The molecule has 1 unspecified atom stereocenters. The van der Waals surface area contributed by atoms with E-state index in [-0.39, 0.29) is 24.4 Å². The lowest BCUT2D eigenvalue weighted by molar-refractivity contribution is -0.117. The van der Waals surface area contributed by atoms with Crippen LogP contribution in [-0.2, 0) is 9.53 Å². The average Bonchev–Trinajstić information content (AvgIpc) is 2.30. The molecule has 0 spiro atoms. The number of hydrogen-bond acceptors (Lipinski definition) is 3. The van der Waals surface area contributed by atoms with Crippen LogP contribution in [0.3, 0.4) is 0 Å². The predicted octanol–water partition coefficient (Wildman–Crippen LogP) is 2.03. The maximum absolute atomic E-state index is 11.8. The molecule has 1 aliphatic rings. The fraction of sp³-hybridized carbons (Fsp3) is 0.417. The minimum Gasteiger partial charge on any atom is -0.378 e. The summed E-state index contributed by atoms with van der Waals surface area (Å²) in [4.78, 5) is 11.8. The van der Waals surface area contributed by atoms with Gasteiger partial charge < -0.3 is 15.4 Å². The number of anilines is 1. The summed E-state index contributed by atoms with van der Waals surface area (Å²) in [5.41, 5.74) is 0.846. The van der Waals surface area contributed by atoms with Crippen molar-refractivity contribution in [2.45, 2.75) is 12.5 Å². The molecular weight excluding hydrogens is 367 g/mol. The lowest BCUT2D eigenvalue weighted by Crippen LogP contribution is -2.43. The Bertz CT molecular complexity index is 397. The first kappa shape index (κ1) is 15.7. The zero-order chi connectivity index (χ0) is 12.1. The molecule has 1 saturated heterocycles. The molecule has 2 rings (SSSR count). The summed E-state index contributed by atoms with van der Waals surface area (Å²) in [5.74, 6) is 0.0231. The molecule has 1 aromatic carbocycles. The molecule has 1 aromatic rings. The van der Waals surface area contributed by atoms with E-state index in [0.29, 0.717) is 13.0 Å². The Hall–Kier alpha value is -0.370. The number of hydrogen-bond donors (Lipinski definition) is 2. The highest BCUT2D eigenvalue weighted by Crippen LogP contribution is 2.13. The Balaban J connectivity index is 0.00000162. The Morgan fingerprint density at radius 1 is 1.56 bits per heavy atom. The van der Waals surface area contributed by atoms with E-state index in [0.717, 1.165) is 22.4 Å². The average molecular weight is 383 g/mol. The molecule has 0 radical (unpaired) electrons. The van der Waals surface area contributed by atoms with E-state index < -0.39 is 0 Å². The molecule has 18 heavy (non-hydrogen) atoms. The third-order valence-corrected chi connectivity index (χ3v) is 3.21. The van der Waals surface area contributed by atoms with Crippen LogP contribution >= 0.6 is 35.0 Å². The molecule has 4 nitrogen and oxygen atoms in total. The molecule has 0 saturated carbocycles. The third-order valence-electron chi connectivity index (χ3n) is 2.54. The molecule has 1 aliphatic heterocycles. The van der Waals surface area contributed by atoms with Gasteiger partial charge >= 0.3 is 0 Å². The van der Waals surface area contributed by atoms with Crippen LogP contribution in [0.15, 0.2) is 24.3 Å². The summed E-state index contributed by atoms with van der Waals surface area (Å²) >= 11 is 2.22. The van der Waals surface area contributed by atoms with Gasteiger partial charge in [-0.2, -0.15) is 0 Å². The molecule has 2 N–H and O–H groups in total. The van der Waals surface area contributed by atoms with Gasteiger partial charge in [0.15, 0.2) is 0 Å². The van der Waals surface area contributed by atoms with Gasteiger partial charge in [-0.15, -0.1) is 12.4 Å². The van der Waals surface area contributed by atoms with E-state index in [9.17, 15) is 4.79 Å². The molecule has 1 atom stereocenters. The number of ether oxygens (including phenoxy) is 1. The van der Waals surface area contributed by atoms with E-state index >= 15 is 0 Å². The number of morpholine rings is 1. The fourth-order valence-electron chi connectivity index (χ4n) is 1.75. The smallest absolute Gasteiger partial charge is 0.226 e. The second-order valence-corrected chi connectivity index (χ2v) is 5.23. The van der Waals surface area contributed by atoms with Crippen LogP contribution in [0, 0.1) is 3.57 Å². The van der Waals surface area contributed by atoms with Gasteiger partial charge in [0.1, 0.15) is 0 Å². The summed E-state index contributed by atoms with van der Waals surface area (Å²) in [6.45, 7) is 2.16. The summed E-state index contributed by atoms with van der Waals surface area (Å²) in [6, 6.07) is 7.90. The van der Waals surface area contributed by atoms with Gasteiger partial charge in [0, 0.05) is 28.3 Å². The Kier molecular flexibility index (Phi) is 6.91. The van der Waals surface area contributed by atoms with Crippen LogP contribution in [0.1, 0.15) is 6.42 Å². The highest BCUT2D eigenvalue weighted by Gasteiger charge is 2.16. The van der Waals surface area contributed by atoms with Gasteiger partial charge in [-0.25, -0.2) is 0 Å². The predicted molar refractivity (Wildman–Crippen MR) is 82.3 cm³/mol. The topological polar surface area (TPSA) is 50.4 Å². The molecule has 100 valence electrons. The van der Waals surface area contributed by atoms with Crippen molar-refractivity contribution in [1.82, 2.24) is 5.32 Å². The standard InChI is InChI=1S/C12H15IN2O2.ClH/c13-9-2-1-3-10(6-9)15-12(16)7-11-8-17-5-4-14-11;/h1-3,6,11,14H,4-5,7-8H2,(H,15,16);1H. The number of benzene rings is 1. The Morgan fingerprint density at radius 2 is 2.39 bits per heavy atom. The quantitative estimate of drug-likeness (QED) is 0.787. The van der Waals surface area contributed by atoms with Crippen molar-refractivity contribution in [2.24, 2.45) is 0 Å². The first-order chi connectivity index (χ1) is 8.24.